The summed E-state index contributed by atoms with van der Waals surface area (Å²) in [4.78, 5) is 14.7. The Bertz CT molecular complexity index is 1230. The van der Waals surface area contributed by atoms with Crippen molar-refractivity contribution in [3.63, 3.8) is 0 Å². The number of methoxy groups -OCH3 is 2. The molecular formula is C33H34O5. The maximum Gasteiger partial charge on any atom is 0.161 e. The summed E-state index contributed by atoms with van der Waals surface area (Å²) in [5, 5.41) is 0. The molecule has 0 N–H and O–H groups in total. The van der Waals surface area contributed by atoms with Crippen LogP contribution in [0.2, 0.25) is 0 Å². The summed E-state index contributed by atoms with van der Waals surface area (Å²) in [6, 6.07) is 31.2. The van der Waals surface area contributed by atoms with Gasteiger partial charge in [0.15, 0.2) is 28.8 Å². The molecule has 0 aliphatic rings. The maximum atomic E-state index is 14.7. The third kappa shape index (κ3) is 5.83. The van der Waals surface area contributed by atoms with E-state index >= 15 is 0 Å². The van der Waals surface area contributed by atoms with Crippen molar-refractivity contribution in [3.8, 4) is 23.0 Å². The van der Waals surface area contributed by atoms with E-state index in [-0.39, 0.29) is 5.78 Å². The minimum Gasteiger partial charge on any atom is -0.493 e. The molecule has 4 aromatic carbocycles. The molecule has 0 radical (unpaired) electrons. The van der Waals surface area contributed by atoms with E-state index in [2.05, 4.69) is 0 Å². The molecule has 0 amide bonds. The number of hydrogen-bond donors (Lipinski definition) is 0. The highest BCUT2D eigenvalue weighted by Gasteiger charge is 2.33. The molecule has 38 heavy (non-hydrogen) atoms. The van der Waals surface area contributed by atoms with Crippen LogP contribution < -0.4 is 18.9 Å². The highest BCUT2D eigenvalue weighted by atomic mass is 16.5. The SMILES string of the molecule is CCOc1cc(C(C(=O)C(c2ccccc2)c2ccc(OC)c(OCC)c2)c2ccccc2)ccc1OC. The maximum absolute atomic E-state index is 14.7. The lowest BCUT2D eigenvalue weighted by Crippen LogP contribution is -2.23. The van der Waals surface area contributed by atoms with E-state index in [4.69, 9.17) is 18.9 Å². The molecule has 0 aromatic heterocycles. The number of hydrogen-bond acceptors (Lipinski definition) is 5. The fourth-order valence-electron chi connectivity index (χ4n) is 4.78. The normalized spacial score (nSPS) is 12.3. The molecule has 0 spiro atoms. The van der Waals surface area contributed by atoms with Crippen molar-refractivity contribution < 1.29 is 23.7 Å². The zero-order valence-corrected chi connectivity index (χ0v) is 22.3. The number of benzene rings is 4. The van der Waals surface area contributed by atoms with Gasteiger partial charge in [-0.05, 0) is 60.4 Å². The molecule has 4 aromatic rings. The van der Waals surface area contributed by atoms with Crippen LogP contribution in [-0.4, -0.2) is 33.2 Å². The molecule has 5 heteroatoms. The molecule has 2 unspecified atom stereocenters. The standard InChI is InChI=1S/C33H34O5/c1-5-37-29-21-25(17-19-27(29)35-3)31(23-13-9-7-10-14-23)33(34)32(24-15-11-8-12-16-24)26-18-20-28(36-4)30(22-26)38-6-2/h7-22,31-32H,5-6H2,1-4H3. The fraction of sp³-hybridized carbons (Fsp3) is 0.242. The second-order valence-electron chi connectivity index (χ2n) is 8.78. The number of rotatable bonds is 12. The van der Waals surface area contributed by atoms with Gasteiger partial charge in [-0.2, -0.15) is 0 Å². The van der Waals surface area contributed by atoms with E-state index in [0.29, 0.717) is 36.2 Å². The Morgan fingerprint density at radius 3 is 1.29 bits per heavy atom. The summed E-state index contributed by atoms with van der Waals surface area (Å²) in [6.07, 6.45) is 0. The first-order valence-electron chi connectivity index (χ1n) is 12.9. The second kappa shape index (κ2) is 12.8. The summed E-state index contributed by atoms with van der Waals surface area (Å²) in [7, 11) is 3.23. The van der Waals surface area contributed by atoms with Crippen LogP contribution in [0.4, 0.5) is 0 Å². The molecule has 0 saturated heterocycles. The molecule has 5 nitrogen and oxygen atoms in total. The first-order valence-corrected chi connectivity index (χ1v) is 12.9. The van der Waals surface area contributed by atoms with Crippen molar-refractivity contribution in [2.24, 2.45) is 0 Å². The van der Waals surface area contributed by atoms with Crippen LogP contribution in [0.5, 0.6) is 23.0 Å². The van der Waals surface area contributed by atoms with Crippen molar-refractivity contribution in [2.45, 2.75) is 25.7 Å². The van der Waals surface area contributed by atoms with Crippen LogP contribution in [0.1, 0.15) is 47.9 Å². The Kier molecular flexibility index (Phi) is 9.04. The first kappa shape index (κ1) is 26.8. The smallest absolute Gasteiger partial charge is 0.161 e. The highest BCUT2D eigenvalue weighted by molar-refractivity contribution is 5.97. The van der Waals surface area contributed by atoms with E-state index in [9.17, 15) is 4.79 Å². The lowest BCUT2D eigenvalue weighted by molar-refractivity contribution is -0.120. The number of Topliss-reactive ketones (excluding diaryl/α,β-unsaturated/α-hetero) is 1. The van der Waals surface area contributed by atoms with Crippen LogP contribution in [0, 0.1) is 0 Å². The van der Waals surface area contributed by atoms with Crippen molar-refractivity contribution in [1.29, 1.82) is 0 Å². The molecule has 4 rings (SSSR count). The van der Waals surface area contributed by atoms with E-state index in [1.54, 1.807) is 14.2 Å². The Balaban J connectivity index is 1.90. The highest BCUT2D eigenvalue weighted by Crippen LogP contribution is 2.40. The van der Waals surface area contributed by atoms with Gasteiger partial charge in [0.2, 0.25) is 0 Å². The number of carbonyl (C=O) groups is 1. The van der Waals surface area contributed by atoms with Gasteiger partial charge in [-0.15, -0.1) is 0 Å². The van der Waals surface area contributed by atoms with Gasteiger partial charge in [-0.3, -0.25) is 4.79 Å². The summed E-state index contributed by atoms with van der Waals surface area (Å²) < 4.78 is 22.7. The molecule has 0 aliphatic heterocycles. The molecule has 0 aliphatic carbocycles. The number of ketones is 1. The zero-order valence-electron chi connectivity index (χ0n) is 22.3. The number of ether oxygens (including phenoxy) is 4. The van der Waals surface area contributed by atoms with Crippen molar-refractivity contribution in [2.75, 3.05) is 27.4 Å². The minimum absolute atomic E-state index is 0.0441. The van der Waals surface area contributed by atoms with Crippen LogP contribution >= 0.6 is 0 Å². The Labute approximate surface area is 225 Å². The monoisotopic (exact) mass is 510 g/mol. The summed E-state index contributed by atoms with van der Waals surface area (Å²) in [5.74, 6) is 1.45. The predicted octanol–water partition coefficient (Wildman–Crippen LogP) is 7.03. The molecule has 2 atom stereocenters. The van der Waals surface area contributed by atoms with Crippen LogP contribution in [-0.2, 0) is 4.79 Å². The van der Waals surface area contributed by atoms with Gasteiger partial charge in [0.25, 0.3) is 0 Å². The van der Waals surface area contributed by atoms with E-state index in [1.165, 1.54) is 0 Å². The zero-order chi connectivity index (χ0) is 26.9. The lowest BCUT2D eigenvalue weighted by Gasteiger charge is -2.25. The van der Waals surface area contributed by atoms with Gasteiger partial charge < -0.3 is 18.9 Å². The second-order valence-corrected chi connectivity index (χ2v) is 8.78. The lowest BCUT2D eigenvalue weighted by atomic mass is 9.77. The third-order valence-electron chi connectivity index (χ3n) is 6.48. The van der Waals surface area contributed by atoms with Crippen molar-refractivity contribution in [1.82, 2.24) is 0 Å². The van der Waals surface area contributed by atoms with Gasteiger partial charge in [-0.1, -0.05) is 72.8 Å². The summed E-state index contributed by atoms with van der Waals surface area (Å²) in [5.41, 5.74) is 3.49. The third-order valence-corrected chi connectivity index (χ3v) is 6.48. The fourth-order valence-corrected chi connectivity index (χ4v) is 4.78. The van der Waals surface area contributed by atoms with E-state index in [1.807, 2.05) is 111 Å². The van der Waals surface area contributed by atoms with Crippen molar-refractivity contribution in [3.05, 3.63) is 119 Å². The van der Waals surface area contributed by atoms with Crippen LogP contribution in [0.25, 0.3) is 0 Å². The Morgan fingerprint density at radius 1 is 0.553 bits per heavy atom. The topological polar surface area (TPSA) is 54.0 Å². The van der Waals surface area contributed by atoms with E-state index < -0.39 is 11.8 Å². The molecule has 0 heterocycles. The first-order chi connectivity index (χ1) is 18.6. The van der Waals surface area contributed by atoms with Gasteiger partial charge in [0, 0.05) is 0 Å². The van der Waals surface area contributed by atoms with Crippen LogP contribution in [0.15, 0.2) is 97.1 Å². The van der Waals surface area contributed by atoms with Gasteiger partial charge in [0.05, 0.1) is 39.3 Å². The quantitative estimate of drug-likeness (QED) is 0.205. The summed E-state index contributed by atoms with van der Waals surface area (Å²) >= 11 is 0. The molecular weight excluding hydrogens is 476 g/mol. The van der Waals surface area contributed by atoms with Crippen molar-refractivity contribution >= 4 is 5.78 Å². The Morgan fingerprint density at radius 2 is 0.947 bits per heavy atom. The molecule has 196 valence electrons. The predicted molar refractivity (Wildman–Crippen MR) is 150 cm³/mol. The average molecular weight is 511 g/mol. The molecule has 0 fully saturated rings. The minimum atomic E-state index is -0.538. The van der Waals surface area contributed by atoms with Gasteiger partial charge >= 0.3 is 0 Å². The Hall–Kier alpha value is -4.25. The molecule has 0 bridgehead atoms. The van der Waals surface area contributed by atoms with E-state index in [0.717, 1.165) is 22.3 Å². The number of carbonyl (C=O) groups excluding carboxylic acids is 1. The van der Waals surface area contributed by atoms with Gasteiger partial charge in [0.1, 0.15) is 0 Å². The summed E-state index contributed by atoms with van der Waals surface area (Å²) in [6.45, 7) is 4.83. The average Bonchev–Trinajstić information content (AvgIpc) is 2.95. The largest absolute Gasteiger partial charge is 0.493 e. The van der Waals surface area contributed by atoms with Gasteiger partial charge in [-0.25, -0.2) is 0 Å². The molecule has 0 saturated carbocycles. The van der Waals surface area contributed by atoms with Crippen LogP contribution in [0.3, 0.4) is 0 Å².